The van der Waals surface area contributed by atoms with Crippen LogP contribution in [0.15, 0.2) is 42.5 Å². The van der Waals surface area contributed by atoms with Gasteiger partial charge >= 0.3 is 0 Å². The van der Waals surface area contributed by atoms with Crippen LogP contribution in [0.1, 0.15) is 40.5 Å². The summed E-state index contributed by atoms with van der Waals surface area (Å²) in [5.74, 6) is -1.30. The molecule has 0 aliphatic carbocycles. The highest BCUT2D eigenvalue weighted by atomic mass is 19.1. The van der Waals surface area contributed by atoms with Crippen LogP contribution in [0.2, 0.25) is 0 Å². The van der Waals surface area contributed by atoms with Crippen LogP contribution in [-0.2, 0) is 0 Å². The van der Waals surface area contributed by atoms with Gasteiger partial charge in [0, 0.05) is 38.0 Å². The molecule has 2 amide bonds. The molecule has 7 heteroatoms. The number of carbonyl (C=O) groups is 2. The molecular weight excluding hydrogens is 364 g/mol. The number of nitrogens with one attached hydrogen (secondary N) is 1. The van der Waals surface area contributed by atoms with Crippen LogP contribution in [0, 0.1) is 11.6 Å². The summed E-state index contributed by atoms with van der Waals surface area (Å²) < 4.78 is 27.3. The molecule has 0 saturated carbocycles. The van der Waals surface area contributed by atoms with Crippen molar-refractivity contribution in [1.82, 2.24) is 10.2 Å². The van der Waals surface area contributed by atoms with Crippen molar-refractivity contribution in [3.05, 3.63) is 65.2 Å². The number of anilines is 1. The van der Waals surface area contributed by atoms with Crippen LogP contribution in [0.3, 0.4) is 0 Å². The fourth-order valence-corrected chi connectivity index (χ4v) is 4.25. The van der Waals surface area contributed by atoms with Gasteiger partial charge in [-0.3, -0.25) is 9.59 Å². The molecule has 4 rings (SSSR count). The average molecular weight is 385 g/mol. The summed E-state index contributed by atoms with van der Waals surface area (Å²) >= 11 is 0. The van der Waals surface area contributed by atoms with Crippen LogP contribution in [0.5, 0.6) is 0 Å². The minimum Gasteiger partial charge on any atom is -0.348 e. The summed E-state index contributed by atoms with van der Waals surface area (Å²) in [6.45, 7) is 3.38. The Morgan fingerprint density at radius 3 is 2.50 bits per heavy atom. The van der Waals surface area contributed by atoms with Crippen LogP contribution in [-0.4, -0.2) is 42.0 Å². The fourth-order valence-electron chi connectivity index (χ4n) is 4.25. The number of likely N-dealkylation sites (tertiary alicyclic amines) is 1. The van der Waals surface area contributed by atoms with Crippen molar-refractivity contribution in [1.29, 1.82) is 0 Å². The Morgan fingerprint density at radius 1 is 1.11 bits per heavy atom. The Kier molecular flexibility index (Phi) is 4.53. The third kappa shape index (κ3) is 3.00. The first kappa shape index (κ1) is 18.4. The third-order valence-corrected chi connectivity index (χ3v) is 5.62. The smallest absolute Gasteiger partial charge is 0.255 e. The zero-order chi connectivity index (χ0) is 19.9. The van der Waals surface area contributed by atoms with Crippen molar-refractivity contribution in [3.63, 3.8) is 0 Å². The largest absolute Gasteiger partial charge is 0.348 e. The molecule has 1 fully saturated rings. The first-order valence-corrected chi connectivity index (χ1v) is 9.38. The van der Waals surface area contributed by atoms with Gasteiger partial charge in [0.25, 0.3) is 11.8 Å². The number of halogens is 2. The standard InChI is InChI=1S/C21H21F2N3O2/c1-2-26-18-13-16(23)6-7-17(18)19(27)24-21(26)8-10-25(11-9-21)20(28)14-4-3-5-15(22)12-14/h3-7,12-13H,2,8-11H2,1H3,(H,24,27). The molecule has 1 spiro atoms. The van der Waals surface area contributed by atoms with Gasteiger partial charge in [-0.1, -0.05) is 6.07 Å². The zero-order valence-corrected chi connectivity index (χ0v) is 15.5. The SMILES string of the molecule is CCN1c2cc(F)ccc2C(=O)NC12CCN(C(=O)c1cccc(F)c1)CC2. The maximum Gasteiger partial charge on any atom is 0.255 e. The molecular formula is C21H21F2N3O2. The molecule has 1 N–H and O–H groups in total. The molecule has 0 aromatic heterocycles. The maximum absolute atomic E-state index is 13.8. The lowest BCUT2D eigenvalue weighted by Gasteiger charge is -2.52. The predicted molar refractivity (Wildman–Crippen MR) is 101 cm³/mol. The Hall–Kier alpha value is -2.96. The lowest BCUT2D eigenvalue weighted by Crippen LogP contribution is -2.68. The summed E-state index contributed by atoms with van der Waals surface area (Å²) in [6.07, 6.45) is 1.01. The number of rotatable bonds is 2. The van der Waals surface area contributed by atoms with Gasteiger partial charge in [-0.25, -0.2) is 8.78 Å². The van der Waals surface area contributed by atoms with E-state index < -0.39 is 11.5 Å². The van der Waals surface area contributed by atoms with E-state index in [1.807, 2.05) is 11.8 Å². The van der Waals surface area contributed by atoms with Crippen molar-refractivity contribution in [2.75, 3.05) is 24.5 Å². The van der Waals surface area contributed by atoms with E-state index in [4.69, 9.17) is 0 Å². The Morgan fingerprint density at radius 2 is 1.82 bits per heavy atom. The molecule has 28 heavy (non-hydrogen) atoms. The zero-order valence-electron chi connectivity index (χ0n) is 15.5. The van der Waals surface area contributed by atoms with Gasteiger partial charge in [-0.05, 0) is 43.3 Å². The monoisotopic (exact) mass is 385 g/mol. The molecule has 0 atom stereocenters. The van der Waals surface area contributed by atoms with E-state index in [0.717, 1.165) is 0 Å². The number of hydrogen-bond acceptors (Lipinski definition) is 3. The highest BCUT2D eigenvalue weighted by Crippen LogP contribution is 2.37. The van der Waals surface area contributed by atoms with Crippen LogP contribution < -0.4 is 10.2 Å². The molecule has 0 radical (unpaired) electrons. The molecule has 2 aromatic rings. The highest BCUT2D eigenvalue weighted by Gasteiger charge is 2.46. The first-order valence-electron chi connectivity index (χ1n) is 9.38. The second-order valence-corrected chi connectivity index (χ2v) is 7.19. The molecule has 2 heterocycles. The third-order valence-electron chi connectivity index (χ3n) is 5.62. The number of fused-ring (bicyclic) bond motifs is 1. The molecule has 2 aliphatic heterocycles. The van der Waals surface area contributed by atoms with E-state index in [0.29, 0.717) is 49.3 Å². The second-order valence-electron chi connectivity index (χ2n) is 7.19. The predicted octanol–water partition coefficient (Wildman–Crippen LogP) is 3.17. The topological polar surface area (TPSA) is 52.7 Å². The van der Waals surface area contributed by atoms with Crippen LogP contribution >= 0.6 is 0 Å². The Balaban J connectivity index is 1.57. The van der Waals surface area contributed by atoms with Gasteiger partial charge in [0.1, 0.15) is 17.3 Å². The maximum atomic E-state index is 13.8. The van der Waals surface area contributed by atoms with Crippen LogP contribution in [0.4, 0.5) is 14.5 Å². The molecule has 146 valence electrons. The Labute approximate surface area is 161 Å². The van der Waals surface area contributed by atoms with Crippen molar-refractivity contribution in [2.45, 2.75) is 25.4 Å². The van der Waals surface area contributed by atoms with Gasteiger partial charge in [0.15, 0.2) is 0 Å². The first-order chi connectivity index (χ1) is 13.4. The molecule has 1 saturated heterocycles. The van der Waals surface area contributed by atoms with E-state index >= 15 is 0 Å². The number of nitrogens with zero attached hydrogens (tertiary/aromatic N) is 2. The van der Waals surface area contributed by atoms with E-state index in [9.17, 15) is 18.4 Å². The van der Waals surface area contributed by atoms with Gasteiger partial charge < -0.3 is 15.1 Å². The van der Waals surface area contributed by atoms with Crippen molar-refractivity contribution >= 4 is 17.5 Å². The summed E-state index contributed by atoms with van der Waals surface area (Å²) in [5, 5.41) is 3.08. The number of piperidine rings is 1. The van der Waals surface area contributed by atoms with E-state index in [1.165, 1.54) is 36.4 Å². The van der Waals surface area contributed by atoms with Crippen molar-refractivity contribution < 1.29 is 18.4 Å². The van der Waals surface area contributed by atoms with E-state index in [-0.39, 0.29) is 17.6 Å². The second kappa shape index (κ2) is 6.89. The Bertz CT molecular complexity index is 939. The van der Waals surface area contributed by atoms with E-state index in [1.54, 1.807) is 11.0 Å². The van der Waals surface area contributed by atoms with Gasteiger partial charge in [-0.15, -0.1) is 0 Å². The quantitative estimate of drug-likeness (QED) is 0.864. The summed E-state index contributed by atoms with van der Waals surface area (Å²) in [6, 6.07) is 9.81. The lowest BCUT2D eigenvalue weighted by atomic mass is 9.89. The number of amides is 2. The average Bonchev–Trinajstić information content (AvgIpc) is 2.68. The molecule has 2 aliphatic rings. The lowest BCUT2D eigenvalue weighted by molar-refractivity contribution is 0.0603. The normalized spacial score (nSPS) is 18.0. The van der Waals surface area contributed by atoms with Gasteiger partial charge in [0.05, 0.1) is 11.3 Å². The van der Waals surface area contributed by atoms with Gasteiger partial charge in [0.2, 0.25) is 0 Å². The van der Waals surface area contributed by atoms with E-state index in [2.05, 4.69) is 5.32 Å². The van der Waals surface area contributed by atoms with Crippen molar-refractivity contribution in [2.24, 2.45) is 0 Å². The molecule has 2 aromatic carbocycles. The minimum atomic E-state index is -0.661. The highest BCUT2D eigenvalue weighted by molar-refractivity contribution is 6.02. The minimum absolute atomic E-state index is 0.231. The number of hydrogen-bond donors (Lipinski definition) is 1. The fraction of sp³-hybridized carbons (Fsp3) is 0.333. The molecule has 5 nitrogen and oxygen atoms in total. The molecule has 0 unspecified atom stereocenters. The molecule has 0 bridgehead atoms. The summed E-state index contributed by atoms with van der Waals surface area (Å²) in [4.78, 5) is 29.0. The van der Waals surface area contributed by atoms with Gasteiger partial charge in [-0.2, -0.15) is 0 Å². The number of benzene rings is 2. The summed E-state index contributed by atoms with van der Waals surface area (Å²) in [5.41, 5.74) is 0.678. The van der Waals surface area contributed by atoms with Crippen LogP contribution in [0.25, 0.3) is 0 Å². The number of carbonyl (C=O) groups excluding carboxylic acids is 2. The summed E-state index contributed by atoms with van der Waals surface area (Å²) in [7, 11) is 0. The van der Waals surface area contributed by atoms with Crippen molar-refractivity contribution in [3.8, 4) is 0 Å².